The van der Waals surface area contributed by atoms with Crippen LogP contribution in [0.3, 0.4) is 0 Å². The maximum atomic E-state index is 11.6. The number of benzene rings is 3. The van der Waals surface area contributed by atoms with Gasteiger partial charge in [-0.3, -0.25) is 4.79 Å². The van der Waals surface area contributed by atoms with E-state index in [0.717, 1.165) is 27.8 Å². The molecule has 7 heteroatoms. The molecule has 3 aromatic rings. The van der Waals surface area contributed by atoms with Gasteiger partial charge in [0.1, 0.15) is 17.2 Å². The van der Waals surface area contributed by atoms with Crippen molar-refractivity contribution in [2.75, 3.05) is 27.9 Å². The van der Waals surface area contributed by atoms with Gasteiger partial charge in [-0.25, -0.2) is 0 Å². The standard InChI is InChI=1S/C27H31NO6/c1-18(30)28-24(15-29)20-10-11-25(32-3)23(13-20)27-21(12-22(31-2)14-26(27)33-4)17-34-16-19-8-6-5-7-9-19/h5-14,24,29H,15-17H2,1-4H3,(H,28,30)/t24-/m0/s1. The van der Waals surface area contributed by atoms with Crippen LogP contribution in [0.5, 0.6) is 17.2 Å². The third kappa shape index (κ3) is 6.07. The Labute approximate surface area is 200 Å². The van der Waals surface area contributed by atoms with E-state index in [2.05, 4.69) is 5.32 Å². The first-order valence-corrected chi connectivity index (χ1v) is 10.9. The van der Waals surface area contributed by atoms with Gasteiger partial charge in [0, 0.05) is 24.1 Å². The van der Waals surface area contributed by atoms with Gasteiger partial charge in [-0.15, -0.1) is 0 Å². The van der Waals surface area contributed by atoms with E-state index >= 15 is 0 Å². The van der Waals surface area contributed by atoms with Gasteiger partial charge in [-0.1, -0.05) is 36.4 Å². The Bertz CT molecular complexity index is 1100. The molecule has 0 spiro atoms. The summed E-state index contributed by atoms with van der Waals surface area (Å²) < 4.78 is 22.9. The summed E-state index contributed by atoms with van der Waals surface area (Å²) in [7, 11) is 4.79. The van der Waals surface area contributed by atoms with Crippen LogP contribution in [0.1, 0.15) is 29.7 Å². The monoisotopic (exact) mass is 465 g/mol. The number of hydrogen-bond acceptors (Lipinski definition) is 6. The van der Waals surface area contributed by atoms with Crippen LogP contribution < -0.4 is 19.5 Å². The Morgan fingerprint density at radius 3 is 2.26 bits per heavy atom. The number of amides is 1. The van der Waals surface area contributed by atoms with E-state index < -0.39 is 6.04 Å². The van der Waals surface area contributed by atoms with E-state index in [1.54, 1.807) is 27.4 Å². The summed E-state index contributed by atoms with van der Waals surface area (Å²) in [5, 5.41) is 12.6. The first kappa shape index (κ1) is 25.1. The highest BCUT2D eigenvalue weighted by Gasteiger charge is 2.21. The molecule has 3 rings (SSSR count). The van der Waals surface area contributed by atoms with Gasteiger partial charge in [0.15, 0.2) is 0 Å². The minimum Gasteiger partial charge on any atom is -0.497 e. The molecule has 0 bridgehead atoms. The molecular weight excluding hydrogens is 434 g/mol. The van der Waals surface area contributed by atoms with Crippen molar-refractivity contribution in [3.05, 3.63) is 77.4 Å². The van der Waals surface area contributed by atoms with Crippen molar-refractivity contribution in [2.24, 2.45) is 0 Å². The zero-order chi connectivity index (χ0) is 24.5. The molecule has 3 aromatic carbocycles. The smallest absolute Gasteiger partial charge is 0.217 e. The minimum atomic E-state index is -0.552. The normalized spacial score (nSPS) is 11.6. The second-order valence-corrected chi connectivity index (χ2v) is 7.74. The Morgan fingerprint density at radius 2 is 1.65 bits per heavy atom. The fourth-order valence-electron chi connectivity index (χ4n) is 3.81. The lowest BCUT2D eigenvalue weighted by molar-refractivity contribution is -0.120. The molecule has 1 atom stereocenters. The third-order valence-electron chi connectivity index (χ3n) is 5.44. The van der Waals surface area contributed by atoms with Crippen LogP contribution in [0.25, 0.3) is 11.1 Å². The number of carbonyl (C=O) groups excluding carboxylic acids is 1. The van der Waals surface area contributed by atoms with E-state index in [1.807, 2.05) is 54.6 Å². The van der Waals surface area contributed by atoms with Crippen LogP contribution >= 0.6 is 0 Å². The lowest BCUT2D eigenvalue weighted by Gasteiger charge is -2.21. The van der Waals surface area contributed by atoms with Crippen LogP contribution in [0, 0.1) is 0 Å². The summed E-state index contributed by atoms with van der Waals surface area (Å²) in [4.78, 5) is 11.6. The van der Waals surface area contributed by atoms with Crippen molar-refractivity contribution in [2.45, 2.75) is 26.2 Å². The average molecular weight is 466 g/mol. The lowest BCUT2D eigenvalue weighted by Crippen LogP contribution is -2.28. The molecule has 0 radical (unpaired) electrons. The summed E-state index contributed by atoms with van der Waals surface area (Å²) in [5.41, 5.74) is 4.20. The van der Waals surface area contributed by atoms with Gasteiger partial charge in [-0.2, -0.15) is 0 Å². The molecule has 0 heterocycles. The van der Waals surface area contributed by atoms with Crippen LogP contribution in [-0.4, -0.2) is 38.9 Å². The van der Waals surface area contributed by atoms with Gasteiger partial charge < -0.3 is 29.4 Å². The predicted octanol–water partition coefficient (Wildman–Crippen LogP) is 4.27. The summed E-state index contributed by atoms with van der Waals surface area (Å²) in [6, 6.07) is 18.6. The molecule has 2 N–H and O–H groups in total. The number of hydrogen-bond donors (Lipinski definition) is 2. The molecule has 0 aliphatic carbocycles. The fraction of sp³-hybridized carbons (Fsp3) is 0.296. The highest BCUT2D eigenvalue weighted by atomic mass is 16.5. The van der Waals surface area contributed by atoms with Crippen LogP contribution in [0.2, 0.25) is 0 Å². The van der Waals surface area contributed by atoms with E-state index in [0.29, 0.717) is 30.5 Å². The van der Waals surface area contributed by atoms with Crippen molar-refractivity contribution >= 4 is 5.91 Å². The first-order valence-electron chi connectivity index (χ1n) is 10.9. The molecule has 7 nitrogen and oxygen atoms in total. The molecule has 0 unspecified atom stereocenters. The molecule has 0 saturated carbocycles. The predicted molar refractivity (Wildman–Crippen MR) is 130 cm³/mol. The van der Waals surface area contributed by atoms with Crippen molar-refractivity contribution < 1.29 is 28.8 Å². The minimum absolute atomic E-state index is 0.228. The van der Waals surface area contributed by atoms with Crippen LogP contribution in [0.4, 0.5) is 0 Å². The molecule has 0 aromatic heterocycles. The van der Waals surface area contributed by atoms with Crippen LogP contribution in [-0.2, 0) is 22.7 Å². The van der Waals surface area contributed by atoms with Gasteiger partial charge in [0.2, 0.25) is 5.91 Å². The number of rotatable bonds is 11. The molecule has 180 valence electrons. The fourth-order valence-corrected chi connectivity index (χ4v) is 3.81. The largest absolute Gasteiger partial charge is 0.497 e. The summed E-state index contributed by atoms with van der Waals surface area (Å²) in [5.74, 6) is 1.62. The number of ether oxygens (including phenoxy) is 4. The topological polar surface area (TPSA) is 86.2 Å². The van der Waals surface area contributed by atoms with E-state index in [-0.39, 0.29) is 12.5 Å². The highest BCUT2D eigenvalue weighted by molar-refractivity contribution is 5.81. The summed E-state index contributed by atoms with van der Waals surface area (Å²) in [6.07, 6.45) is 0. The second kappa shape index (κ2) is 12.1. The van der Waals surface area contributed by atoms with Crippen molar-refractivity contribution in [1.29, 1.82) is 0 Å². The SMILES string of the molecule is COc1cc(COCc2ccccc2)c(-c2cc([C@H](CO)NC(C)=O)ccc2OC)c(OC)c1. The average Bonchev–Trinajstić information content (AvgIpc) is 2.86. The molecule has 1 amide bonds. The molecule has 0 aliphatic heterocycles. The Balaban J connectivity index is 2.07. The first-order chi connectivity index (χ1) is 16.5. The van der Waals surface area contributed by atoms with Crippen LogP contribution in [0.15, 0.2) is 60.7 Å². The van der Waals surface area contributed by atoms with Gasteiger partial charge in [0.25, 0.3) is 0 Å². The Hall–Kier alpha value is -3.55. The highest BCUT2D eigenvalue weighted by Crippen LogP contribution is 2.42. The van der Waals surface area contributed by atoms with Gasteiger partial charge in [-0.05, 0) is 34.9 Å². The van der Waals surface area contributed by atoms with Gasteiger partial charge in [0.05, 0.1) is 47.2 Å². The van der Waals surface area contributed by atoms with E-state index in [9.17, 15) is 9.90 Å². The van der Waals surface area contributed by atoms with Crippen molar-refractivity contribution in [3.8, 4) is 28.4 Å². The molecule has 0 saturated heterocycles. The second-order valence-electron chi connectivity index (χ2n) is 7.74. The molecule has 34 heavy (non-hydrogen) atoms. The lowest BCUT2D eigenvalue weighted by atomic mass is 9.94. The number of methoxy groups -OCH3 is 3. The Morgan fingerprint density at radius 1 is 0.912 bits per heavy atom. The third-order valence-corrected chi connectivity index (χ3v) is 5.44. The zero-order valence-electron chi connectivity index (χ0n) is 20.0. The molecule has 0 aliphatic rings. The van der Waals surface area contributed by atoms with Gasteiger partial charge >= 0.3 is 0 Å². The van der Waals surface area contributed by atoms with E-state index in [1.165, 1.54) is 6.92 Å². The van der Waals surface area contributed by atoms with Crippen molar-refractivity contribution in [3.63, 3.8) is 0 Å². The number of aliphatic hydroxyl groups is 1. The maximum Gasteiger partial charge on any atom is 0.217 e. The summed E-state index contributed by atoms with van der Waals surface area (Å²) in [6.45, 7) is 1.94. The zero-order valence-corrected chi connectivity index (χ0v) is 20.0. The molecular formula is C27H31NO6. The number of aliphatic hydroxyl groups excluding tert-OH is 1. The number of carbonyl (C=O) groups is 1. The quantitative estimate of drug-likeness (QED) is 0.440. The van der Waals surface area contributed by atoms with Crippen molar-refractivity contribution in [1.82, 2.24) is 5.32 Å². The Kier molecular flexibility index (Phi) is 8.90. The number of nitrogens with one attached hydrogen (secondary N) is 1. The van der Waals surface area contributed by atoms with E-state index in [4.69, 9.17) is 18.9 Å². The maximum absolute atomic E-state index is 11.6. The summed E-state index contributed by atoms with van der Waals surface area (Å²) >= 11 is 0. The molecule has 0 fully saturated rings.